The fourth-order valence-electron chi connectivity index (χ4n) is 4.65. The van der Waals surface area contributed by atoms with Crippen LogP contribution in [-0.4, -0.2) is 61.0 Å². The second-order valence-corrected chi connectivity index (χ2v) is 9.42. The second kappa shape index (κ2) is 8.42. The number of imidazole rings is 1. The third-order valence-electron chi connectivity index (χ3n) is 6.38. The Morgan fingerprint density at radius 2 is 2.09 bits per heavy atom. The van der Waals surface area contributed by atoms with E-state index in [1.54, 1.807) is 11.7 Å². The summed E-state index contributed by atoms with van der Waals surface area (Å²) in [7, 11) is 0. The summed E-state index contributed by atoms with van der Waals surface area (Å²) in [5.41, 5.74) is 3.45. The van der Waals surface area contributed by atoms with Crippen molar-refractivity contribution in [1.82, 2.24) is 29.4 Å². The highest BCUT2D eigenvalue weighted by Gasteiger charge is 2.30. The van der Waals surface area contributed by atoms with E-state index in [1.165, 1.54) is 17.4 Å². The van der Waals surface area contributed by atoms with Crippen molar-refractivity contribution in [3.63, 3.8) is 0 Å². The first-order chi connectivity index (χ1) is 17.0. The Morgan fingerprint density at radius 1 is 1.20 bits per heavy atom. The minimum absolute atomic E-state index is 0.0248. The van der Waals surface area contributed by atoms with Gasteiger partial charge in [-0.3, -0.25) is 4.79 Å². The summed E-state index contributed by atoms with van der Waals surface area (Å²) in [4.78, 5) is 33.3. The average molecular weight is 494 g/mol. The van der Waals surface area contributed by atoms with Crippen LogP contribution in [0.15, 0.2) is 48.2 Å². The van der Waals surface area contributed by atoms with E-state index in [0.717, 1.165) is 22.1 Å². The minimum atomic E-state index is -0.979. The molecule has 0 radical (unpaired) electrons. The predicted octanol–water partition coefficient (Wildman–Crippen LogP) is 4.05. The number of anilines is 1. The van der Waals surface area contributed by atoms with Crippen molar-refractivity contribution in [1.29, 1.82) is 0 Å². The first-order valence-electron chi connectivity index (χ1n) is 11.2. The van der Waals surface area contributed by atoms with E-state index in [2.05, 4.69) is 24.8 Å². The fraction of sp³-hybridized carbons (Fsp3) is 0.250. The highest BCUT2D eigenvalue weighted by molar-refractivity contribution is 7.14. The number of carbonyl (C=O) groups excluding carboxylic acids is 1. The predicted molar refractivity (Wildman–Crippen MR) is 130 cm³/mol. The highest BCUT2D eigenvalue weighted by Crippen LogP contribution is 2.35. The molecular weight excluding hydrogens is 472 g/mol. The van der Waals surface area contributed by atoms with E-state index in [1.807, 2.05) is 40.8 Å². The molecule has 1 fully saturated rings. The number of aromatic amines is 1. The quantitative estimate of drug-likeness (QED) is 0.409. The lowest BCUT2D eigenvalue weighted by Gasteiger charge is -2.40. The van der Waals surface area contributed by atoms with Gasteiger partial charge in [-0.15, -0.1) is 11.3 Å². The van der Waals surface area contributed by atoms with Gasteiger partial charge in [-0.1, -0.05) is 0 Å². The van der Waals surface area contributed by atoms with Crippen molar-refractivity contribution < 1.29 is 13.6 Å². The topological polar surface area (TPSA) is 82.9 Å². The zero-order valence-corrected chi connectivity index (χ0v) is 19.6. The third kappa shape index (κ3) is 3.72. The van der Waals surface area contributed by atoms with Crippen molar-refractivity contribution in [3.05, 3.63) is 59.9 Å². The number of fused-ring (bicyclic) bond motifs is 2. The number of carbonyl (C=O) groups is 1. The summed E-state index contributed by atoms with van der Waals surface area (Å²) in [6.07, 6.45) is 3.62. The van der Waals surface area contributed by atoms with Crippen LogP contribution in [0.4, 0.5) is 13.8 Å². The zero-order valence-electron chi connectivity index (χ0n) is 18.8. The summed E-state index contributed by atoms with van der Waals surface area (Å²) in [5.74, 6) is -1.49. The Kier molecular flexibility index (Phi) is 5.21. The molecule has 11 heteroatoms. The summed E-state index contributed by atoms with van der Waals surface area (Å²) in [6.45, 7) is 4.06. The molecule has 0 aliphatic carbocycles. The monoisotopic (exact) mass is 493 g/mol. The van der Waals surface area contributed by atoms with Gasteiger partial charge in [0.25, 0.3) is 0 Å². The van der Waals surface area contributed by atoms with Gasteiger partial charge in [0.15, 0.2) is 17.5 Å². The summed E-state index contributed by atoms with van der Waals surface area (Å²) >= 11 is 1.46. The number of rotatable bonds is 4. The van der Waals surface area contributed by atoms with Gasteiger partial charge in [-0.25, -0.2) is 23.7 Å². The van der Waals surface area contributed by atoms with Gasteiger partial charge in [0.2, 0.25) is 5.91 Å². The molecule has 1 aliphatic heterocycles. The number of hydrogen-bond acceptors (Lipinski definition) is 6. The van der Waals surface area contributed by atoms with Crippen molar-refractivity contribution in [3.8, 4) is 11.5 Å². The molecule has 5 aromatic rings. The smallest absolute Gasteiger partial charge is 0.242 e. The van der Waals surface area contributed by atoms with Gasteiger partial charge < -0.3 is 19.4 Å². The van der Waals surface area contributed by atoms with E-state index in [4.69, 9.17) is 0 Å². The normalized spacial score (nSPS) is 16.5. The maximum absolute atomic E-state index is 14.2. The number of halogens is 2. The molecule has 1 aliphatic rings. The Hall–Kier alpha value is -3.86. The molecule has 8 nitrogen and oxygen atoms in total. The molecule has 1 N–H and O–H groups in total. The van der Waals surface area contributed by atoms with Crippen LogP contribution >= 0.6 is 11.3 Å². The molecule has 5 heterocycles. The first kappa shape index (κ1) is 21.7. The standard InChI is InChI=1S/C24H21F2N7OS/c1-14-11-32(9-10-33(14)18(34)12-31-8-6-15-3-2-7-27-23(15)31)24-21(28-13-35-24)22-29-17-5-4-16(25)19(26)20(17)30-22/h2-8,13-14H,9-12H2,1H3,(H,29,30)/t14-/m1/s1. The molecule has 6 rings (SSSR count). The molecule has 0 unspecified atom stereocenters. The number of thiazole rings is 1. The van der Waals surface area contributed by atoms with Gasteiger partial charge in [0, 0.05) is 43.5 Å². The zero-order chi connectivity index (χ0) is 24.1. The van der Waals surface area contributed by atoms with Crippen LogP contribution in [0.2, 0.25) is 0 Å². The van der Waals surface area contributed by atoms with E-state index in [9.17, 15) is 13.6 Å². The largest absolute Gasteiger partial charge is 0.358 e. The lowest BCUT2D eigenvalue weighted by atomic mass is 10.2. The van der Waals surface area contributed by atoms with Crippen molar-refractivity contribution in [2.45, 2.75) is 19.5 Å². The van der Waals surface area contributed by atoms with Crippen molar-refractivity contribution >= 4 is 44.3 Å². The number of nitrogens with zero attached hydrogens (tertiary/aromatic N) is 6. The highest BCUT2D eigenvalue weighted by atomic mass is 32.1. The number of aromatic nitrogens is 5. The minimum Gasteiger partial charge on any atom is -0.358 e. The summed E-state index contributed by atoms with van der Waals surface area (Å²) < 4.78 is 29.7. The third-order valence-corrected chi connectivity index (χ3v) is 7.27. The maximum atomic E-state index is 14.2. The van der Waals surface area contributed by atoms with Gasteiger partial charge in [-0.2, -0.15) is 0 Å². The Labute approximate surface area is 202 Å². The van der Waals surface area contributed by atoms with Crippen molar-refractivity contribution in [2.75, 3.05) is 24.5 Å². The molecule has 1 amide bonds. The number of amides is 1. The molecule has 1 saturated heterocycles. The molecular formula is C24H21F2N7OS. The Bertz CT molecular complexity index is 1560. The van der Waals surface area contributed by atoms with E-state index >= 15 is 0 Å². The molecule has 0 spiro atoms. The average Bonchev–Trinajstić information content (AvgIpc) is 3.60. The molecule has 0 saturated carbocycles. The maximum Gasteiger partial charge on any atom is 0.242 e. The van der Waals surface area contributed by atoms with E-state index < -0.39 is 11.6 Å². The number of piperazine rings is 1. The Balaban J connectivity index is 1.20. The van der Waals surface area contributed by atoms with Gasteiger partial charge >= 0.3 is 0 Å². The van der Waals surface area contributed by atoms with Gasteiger partial charge in [-0.05, 0) is 37.3 Å². The number of H-pyrrole nitrogens is 1. The molecule has 0 bridgehead atoms. The van der Waals surface area contributed by atoms with Crippen LogP contribution in [0.1, 0.15) is 6.92 Å². The van der Waals surface area contributed by atoms with Crippen LogP contribution in [-0.2, 0) is 11.3 Å². The lowest BCUT2D eigenvalue weighted by Crippen LogP contribution is -2.54. The fourth-order valence-corrected chi connectivity index (χ4v) is 5.49. The van der Waals surface area contributed by atoms with E-state index in [-0.39, 0.29) is 24.0 Å². The molecule has 1 aromatic carbocycles. The van der Waals surface area contributed by atoms with Gasteiger partial charge in [0.05, 0.1) is 11.0 Å². The Morgan fingerprint density at radius 3 is 2.94 bits per heavy atom. The van der Waals surface area contributed by atoms with Crippen LogP contribution in [0.5, 0.6) is 0 Å². The van der Waals surface area contributed by atoms with Crippen LogP contribution in [0.25, 0.3) is 33.6 Å². The second-order valence-electron chi connectivity index (χ2n) is 8.59. The van der Waals surface area contributed by atoms with Crippen molar-refractivity contribution in [2.24, 2.45) is 0 Å². The number of benzene rings is 1. The molecule has 178 valence electrons. The van der Waals surface area contributed by atoms with Crippen LogP contribution < -0.4 is 4.90 Å². The summed E-state index contributed by atoms with van der Waals surface area (Å²) in [6, 6.07) is 8.33. The first-order valence-corrected chi connectivity index (χ1v) is 12.1. The lowest BCUT2D eigenvalue weighted by molar-refractivity contribution is -0.134. The van der Waals surface area contributed by atoms with Crippen LogP contribution in [0, 0.1) is 11.6 Å². The number of nitrogens with one attached hydrogen (secondary N) is 1. The number of hydrogen-bond donors (Lipinski definition) is 1. The van der Waals surface area contributed by atoms with E-state index in [0.29, 0.717) is 36.7 Å². The molecule has 35 heavy (non-hydrogen) atoms. The summed E-state index contributed by atoms with van der Waals surface area (Å²) in [5, 5.41) is 1.88. The van der Waals surface area contributed by atoms with Crippen LogP contribution in [0.3, 0.4) is 0 Å². The van der Waals surface area contributed by atoms with Gasteiger partial charge in [0.1, 0.15) is 28.4 Å². The molecule has 1 atom stereocenters. The number of pyridine rings is 1. The molecule has 4 aromatic heterocycles. The SMILES string of the molecule is C[C@@H]1CN(c2scnc2-c2nc3c(F)c(F)ccc3[nH]2)CCN1C(=O)Cn1ccc2cccnc21.